The molecule has 3 aliphatic rings. The van der Waals surface area contributed by atoms with Crippen molar-refractivity contribution in [2.45, 2.75) is 82.8 Å². The number of amides is 1. The number of pyridine rings is 3. The Hall–Kier alpha value is -3.79. The van der Waals surface area contributed by atoms with Gasteiger partial charge in [-0.1, -0.05) is 32.1 Å². The Morgan fingerprint density at radius 1 is 0.977 bits per heavy atom. The molecule has 0 saturated carbocycles. The minimum atomic E-state index is -4.26. The average molecular weight is 601 g/mol. The molecule has 0 aromatic carbocycles. The van der Waals surface area contributed by atoms with Gasteiger partial charge in [0.25, 0.3) is 15.9 Å². The van der Waals surface area contributed by atoms with Crippen molar-refractivity contribution in [3.05, 3.63) is 77.8 Å². The number of sulfonamides is 1. The van der Waals surface area contributed by atoms with Crippen molar-refractivity contribution >= 4 is 33.1 Å². The van der Waals surface area contributed by atoms with Crippen LogP contribution in [-0.2, 0) is 10.0 Å². The maximum atomic E-state index is 13.7. The van der Waals surface area contributed by atoms with E-state index in [0.29, 0.717) is 24.1 Å². The van der Waals surface area contributed by atoms with Gasteiger partial charge in [-0.3, -0.25) is 9.78 Å². The van der Waals surface area contributed by atoms with Gasteiger partial charge in [-0.15, -0.1) is 0 Å². The van der Waals surface area contributed by atoms with Gasteiger partial charge in [-0.2, -0.15) is 8.42 Å². The summed E-state index contributed by atoms with van der Waals surface area (Å²) in [5, 5.41) is 3.18. The summed E-state index contributed by atoms with van der Waals surface area (Å²) in [6.45, 7) is 9.61. The van der Waals surface area contributed by atoms with Crippen LogP contribution in [0, 0.1) is 11.3 Å². The summed E-state index contributed by atoms with van der Waals surface area (Å²) < 4.78 is 29.2. The fraction of sp³-hybridized carbons (Fsp3) is 0.455. The molecule has 43 heavy (non-hydrogen) atoms. The molecule has 226 valence electrons. The zero-order chi connectivity index (χ0) is 30.4. The molecule has 2 N–H and O–H groups in total. The number of aromatic nitrogens is 3. The van der Waals surface area contributed by atoms with E-state index in [1.807, 2.05) is 24.3 Å². The lowest BCUT2D eigenvalue weighted by Crippen LogP contribution is -2.41. The molecule has 0 unspecified atom stereocenters. The Morgan fingerprint density at radius 3 is 2.56 bits per heavy atom. The van der Waals surface area contributed by atoms with Crippen LogP contribution in [0.15, 0.2) is 65.8 Å². The topological polar surface area (TPSA) is 117 Å². The molecule has 5 heterocycles. The van der Waals surface area contributed by atoms with Crippen LogP contribution in [0.1, 0.15) is 94.0 Å². The first-order valence-corrected chi connectivity index (χ1v) is 16.6. The van der Waals surface area contributed by atoms with Crippen molar-refractivity contribution in [1.29, 1.82) is 0 Å². The van der Waals surface area contributed by atoms with Crippen LogP contribution in [0.25, 0.3) is 5.57 Å². The Kier molecular flexibility index (Phi) is 7.52. The molecule has 0 radical (unpaired) electrons. The molecule has 0 spiro atoms. The smallest absolute Gasteiger partial charge is 0.281 e. The second kappa shape index (κ2) is 11.0. The van der Waals surface area contributed by atoms with E-state index in [4.69, 9.17) is 4.98 Å². The number of nitrogens with zero attached hydrogens (tertiary/aromatic N) is 4. The van der Waals surface area contributed by atoms with E-state index in [0.717, 1.165) is 49.9 Å². The zero-order valence-corrected chi connectivity index (χ0v) is 26.1. The number of fused-ring (bicyclic) bond motifs is 6. The molecule has 6 rings (SSSR count). The van der Waals surface area contributed by atoms with Gasteiger partial charge < -0.3 is 10.2 Å². The Balaban J connectivity index is 1.44. The lowest BCUT2D eigenvalue weighted by molar-refractivity contribution is 0.0981. The molecule has 4 bridgehead atoms. The monoisotopic (exact) mass is 600 g/mol. The van der Waals surface area contributed by atoms with E-state index in [-0.39, 0.29) is 27.6 Å². The van der Waals surface area contributed by atoms with Crippen molar-refractivity contribution < 1.29 is 13.2 Å². The SMILES string of the molecule is CC1(C)CC=C(c2ccc3c(n2)N2C[C@@H](CC[C@H](c4ccccn4)Nc4cccc(n4)S(=O)(=O)NC3=O)CC2(C)C)CC1. The number of rotatable bonds is 2. The summed E-state index contributed by atoms with van der Waals surface area (Å²) in [5.41, 5.74) is 3.09. The van der Waals surface area contributed by atoms with Crippen LogP contribution in [-0.4, -0.2) is 41.4 Å². The van der Waals surface area contributed by atoms with Gasteiger partial charge in [0.05, 0.1) is 23.0 Å². The van der Waals surface area contributed by atoms with E-state index in [2.05, 4.69) is 58.7 Å². The number of hydrogen-bond acceptors (Lipinski definition) is 8. The summed E-state index contributed by atoms with van der Waals surface area (Å²) in [7, 11) is -4.26. The third-order valence-electron chi connectivity index (χ3n) is 9.09. The Morgan fingerprint density at radius 2 is 1.81 bits per heavy atom. The van der Waals surface area contributed by atoms with Crippen LogP contribution in [0.3, 0.4) is 0 Å². The first-order chi connectivity index (χ1) is 20.4. The molecule has 10 heteroatoms. The van der Waals surface area contributed by atoms with Crippen LogP contribution in [0.2, 0.25) is 0 Å². The fourth-order valence-corrected chi connectivity index (χ4v) is 7.54. The molecular formula is C33H40N6O3S. The summed E-state index contributed by atoms with van der Waals surface area (Å²) in [6, 6.07) is 14.0. The second-order valence-corrected chi connectivity index (χ2v) is 15.1. The molecule has 2 atom stereocenters. The normalized spacial score (nSPS) is 24.4. The molecule has 1 saturated heterocycles. The van der Waals surface area contributed by atoms with Gasteiger partial charge in [-0.25, -0.2) is 14.7 Å². The highest BCUT2D eigenvalue weighted by Gasteiger charge is 2.41. The van der Waals surface area contributed by atoms with Crippen molar-refractivity contribution in [2.24, 2.45) is 11.3 Å². The van der Waals surface area contributed by atoms with E-state index in [1.54, 1.807) is 24.4 Å². The Bertz CT molecular complexity index is 1670. The third kappa shape index (κ3) is 6.16. The van der Waals surface area contributed by atoms with Gasteiger partial charge in [0.2, 0.25) is 0 Å². The largest absolute Gasteiger partial charge is 0.362 e. The molecule has 2 aliphatic heterocycles. The molecule has 1 fully saturated rings. The van der Waals surface area contributed by atoms with Crippen LogP contribution in [0.5, 0.6) is 0 Å². The maximum absolute atomic E-state index is 13.7. The molecule has 1 aliphatic carbocycles. The number of carbonyl (C=O) groups excluding carboxylic acids is 1. The van der Waals surface area contributed by atoms with Crippen LogP contribution >= 0.6 is 0 Å². The number of allylic oxidation sites excluding steroid dienone is 2. The molecular weight excluding hydrogens is 560 g/mol. The van der Waals surface area contributed by atoms with E-state index >= 15 is 0 Å². The van der Waals surface area contributed by atoms with E-state index in [9.17, 15) is 13.2 Å². The molecule has 3 aromatic heterocycles. The van der Waals surface area contributed by atoms with Crippen LogP contribution in [0.4, 0.5) is 11.6 Å². The minimum absolute atomic E-state index is 0.164. The highest BCUT2D eigenvalue weighted by atomic mass is 32.2. The van der Waals surface area contributed by atoms with E-state index < -0.39 is 15.9 Å². The number of nitrogens with one attached hydrogen (secondary N) is 2. The van der Waals surface area contributed by atoms with E-state index in [1.165, 1.54) is 11.6 Å². The number of carbonyl (C=O) groups is 1. The predicted molar refractivity (Wildman–Crippen MR) is 168 cm³/mol. The van der Waals surface area contributed by atoms with Gasteiger partial charge in [0.15, 0.2) is 5.03 Å². The van der Waals surface area contributed by atoms with Gasteiger partial charge in [0, 0.05) is 18.3 Å². The summed E-state index contributed by atoms with van der Waals surface area (Å²) in [5.74, 6) is 0.560. The molecule has 9 nitrogen and oxygen atoms in total. The summed E-state index contributed by atoms with van der Waals surface area (Å²) >= 11 is 0. The maximum Gasteiger partial charge on any atom is 0.281 e. The molecule has 3 aromatic rings. The van der Waals surface area contributed by atoms with Crippen LogP contribution < -0.4 is 14.9 Å². The first kappa shape index (κ1) is 29.3. The third-order valence-corrected chi connectivity index (χ3v) is 10.3. The first-order valence-electron chi connectivity index (χ1n) is 15.1. The predicted octanol–water partition coefficient (Wildman–Crippen LogP) is 6.14. The van der Waals surface area contributed by atoms with Crippen molar-refractivity contribution in [3.8, 4) is 0 Å². The lowest BCUT2D eigenvalue weighted by atomic mass is 9.78. The highest BCUT2D eigenvalue weighted by Crippen LogP contribution is 2.42. The zero-order valence-electron chi connectivity index (χ0n) is 25.3. The minimum Gasteiger partial charge on any atom is -0.362 e. The van der Waals surface area contributed by atoms with Crippen molar-refractivity contribution in [2.75, 3.05) is 16.8 Å². The Labute approximate surface area is 254 Å². The second-order valence-electron chi connectivity index (χ2n) is 13.5. The molecule has 1 amide bonds. The van der Waals surface area contributed by atoms with Gasteiger partial charge in [-0.05, 0) is 106 Å². The van der Waals surface area contributed by atoms with Gasteiger partial charge >= 0.3 is 0 Å². The number of hydrogen-bond donors (Lipinski definition) is 2. The highest BCUT2D eigenvalue weighted by molar-refractivity contribution is 7.90. The summed E-state index contributed by atoms with van der Waals surface area (Å²) in [6.07, 6.45) is 9.57. The van der Waals surface area contributed by atoms with Crippen molar-refractivity contribution in [3.63, 3.8) is 0 Å². The van der Waals surface area contributed by atoms with Crippen molar-refractivity contribution in [1.82, 2.24) is 19.7 Å². The number of anilines is 2. The quantitative estimate of drug-likeness (QED) is 0.361. The summed E-state index contributed by atoms with van der Waals surface area (Å²) in [4.78, 5) is 30.0. The lowest BCUT2D eigenvalue weighted by Gasteiger charge is -2.34. The fourth-order valence-electron chi connectivity index (χ4n) is 6.60. The standard InChI is InChI=1S/C33H40N6O3S/c1-32(2)17-15-23(16-18-32)25-14-12-24-30(36-25)39-21-22(20-33(39,3)4)11-13-27(26-8-5-6-19-34-26)35-28-9-7-10-29(37-28)43(41,42)38-31(24)40/h5-10,12,14-15,19,22,27H,11,13,16-18,20-21H2,1-4H3,(H,35,37)(H,38,40)/t22-,27+/m0/s1. The van der Waals surface area contributed by atoms with Gasteiger partial charge in [0.1, 0.15) is 11.6 Å². The average Bonchev–Trinajstić information content (AvgIpc) is 3.28.